The third-order valence-corrected chi connectivity index (χ3v) is 6.34. The Hall–Kier alpha value is -3.32. The molecule has 9 nitrogen and oxygen atoms in total. The number of non-ortho nitro benzene ring substituents is 1. The minimum atomic E-state index is -4.64. The molecule has 1 aromatic carbocycles. The number of hydrogen-bond acceptors (Lipinski definition) is 7. The van der Waals surface area contributed by atoms with E-state index in [0.29, 0.717) is 9.56 Å². The van der Waals surface area contributed by atoms with Crippen molar-refractivity contribution in [2.24, 2.45) is 0 Å². The fourth-order valence-corrected chi connectivity index (χ4v) is 4.54. The van der Waals surface area contributed by atoms with Crippen LogP contribution >= 0.6 is 22.9 Å². The Morgan fingerprint density at radius 3 is 2.79 bits per heavy atom. The second kappa shape index (κ2) is 8.56. The molecule has 0 unspecified atom stereocenters. The molecule has 0 radical (unpaired) electrons. The summed E-state index contributed by atoms with van der Waals surface area (Å²) in [7, 11) is 1.29. The second-order valence-corrected chi connectivity index (χ2v) is 8.45. The number of anilines is 2. The number of fused-ring (bicyclic) bond motifs is 1. The highest BCUT2D eigenvalue weighted by molar-refractivity contribution is 7.10. The highest BCUT2D eigenvalue weighted by Gasteiger charge is 2.48. The normalized spacial score (nSPS) is 17.7. The number of nitrogens with one attached hydrogen (secondary N) is 2. The maximum Gasteiger partial charge on any atom is 0.410 e. The van der Waals surface area contributed by atoms with Gasteiger partial charge in [0.1, 0.15) is 16.6 Å². The Bertz CT molecular complexity index is 1210. The lowest BCUT2D eigenvalue weighted by atomic mass is 10.0. The Morgan fingerprint density at radius 2 is 2.18 bits per heavy atom. The number of ether oxygens (including phenoxy) is 1. The molecule has 0 saturated carbocycles. The van der Waals surface area contributed by atoms with Crippen LogP contribution < -0.4 is 15.4 Å². The molecule has 3 heterocycles. The first-order chi connectivity index (χ1) is 15.6. The third-order valence-electron chi connectivity index (χ3n) is 4.99. The predicted octanol–water partition coefficient (Wildman–Crippen LogP) is 5.43. The second-order valence-electron chi connectivity index (χ2n) is 7.09. The van der Waals surface area contributed by atoms with Crippen molar-refractivity contribution in [3.63, 3.8) is 0 Å². The lowest BCUT2D eigenvalue weighted by molar-refractivity contribution is -0.384. The zero-order valence-electron chi connectivity index (χ0n) is 16.7. The van der Waals surface area contributed by atoms with Gasteiger partial charge >= 0.3 is 6.18 Å². The molecule has 2 N–H and O–H groups in total. The van der Waals surface area contributed by atoms with E-state index in [2.05, 4.69) is 15.7 Å². The maximum absolute atomic E-state index is 13.8. The van der Waals surface area contributed by atoms with Crippen molar-refractivity contribution >= 4 is 46.0 Å². The molecular weight excluding hydrogens is 487 g/mol. The van der Waals surface area contributed by atoms with Gasteiger partial charge in [-0.15, -0.1) is 11.3 Å². The molecule has 0 bridgehead atoms. The number of nitrogens with zero attached hydrogens (tertiary/aromatic N) is 3. The summed E-state index contributed by atoms with van der Waals surface area (Å²) >= 11 is 7.58. The van der Waals surface area contributed by atoms with Crippen LogP contribution in [0.2, 0.25) is 5.02 Å². The summed E-state index contributed by atoms with van der Waals surface area (Å²) in [6, 6.07) is 4.31. The summed E-state index contributed by atoms with van der Waals surface area (Å²) in [5.74, 6) is -0.961. The molecule has 14 heteroatoms. The molecule has 1 aliphatic rings. The van der Waals surface area contributed by atoms with Crippen molar-refractivity contribution < 1.29 is 27.6 Å². The SMILES string of the molecule is COc1cc(NC(=O)c2nn3c(c2Cl)N[C@H](c2cccs2)C[C@H]3C(F)(F)F)cc([N+](=O)[O-])c1. The summed E-state index contributed by atoms with van der Waals surface area (Å²) in [5.41, 5.74) is -0.812. The predicted molar refractivity (Wildman–Crippen MR) is 115 cm³/mol. The van der Waals surface area contributed by atoms with Crippen molar-refractivity contribution in [3.05, 3.63) is 61.4 Å². The van der Waals surface area contributed by atoms with Crippen LogP contribution in [-0.2, 0) is 0 Å². The average Bonchev–Trinajstić information content (AvgIpc) is 3.40. The summed E-state index contributed by atoms with van der Waals surface area (Å²) in [6.45, 7) is 0. The molecule has 33 heavy (non-hydrogen) atoms. The van der Waals surface area contributed by atoms with Crippen LogP contribution in [0.25, 0.3) is 0 Å². The van der Waals surface area contributed by atoms with Gasteiger partial charge in [-0.3, -0.25) is 14.9 Å². The molecule has 174 valence electrons. The first kappa shape index (κ1) is 22.9. The minimum Gasteiger partial charge on any atom is -0.496 e. The molecule has 0 saturated heterocycles. The summed E-state index contributed by atoms with van der Waals surface area (Å²) in [6.07, 6.45) is -4.97. The number of nitro benzene ring substituents is 1. The molecule has 3 aromatic rings. The van der Waals surface area contributed by atoms with Crippen molar-refractivity contribution in [1.82, 2.24) is 9.78 Å². The molecular formula is C19H15ClF3N5O4S. The Morgan fingerprint density at radius 1 is 1.42 bits per heavy atom. The molecule has 1 aliphatic heterocycles. The Balaban J connectivity index is 1.69. The number of methoxy groups -OCH3 is 1. The number of carbonyl (C=O) groups excluding carboxylic acids is 1. The van der Waals surface area contributed by atoms with E-state index >= 15 is 0 Å². The van der Waals surface area contributed by atoms with Gasteiger partial charge in [-0.25, -0.2) is 4.68 Å². The van der Waals surface area contributed by atoms with Gasteiger partial charge in [0, 0.05) is 23.4 Å². The highest BCUT2D eigenvalue weighted by atomic mass is 35.5. The fraction of sp³-hybridized carbons (Fsp3) is 0.263. The summed E-state index contributed by atoms with van der Waals surface area (Å²) in [4.78, 5) is 23.9. The molecule has 2 atom stereocenters. The van der Waals surface area contributed by atoms with E-state index in [4.69, 9.17) is 16.3 Å². The number of aromatic nitrogens is 2. The van der Waals surface area contributed by atoms with E-state index in [1.54, 1.807) is 17.5 Å². The van der Waals surface area contributed by atoms with Gasteiger partial charge in [-0.05, 0) is 11.4 Å². The van der Waals surface area contributed by atoms with Crippen LogP contribution in [0.4, 0.5) is 30.4 Å². The van der Waals surface area contributed by atoms with Gasteiger partial charge in [0.15, 0.2) is 11.7 Å². The minimum absolute atomic E-state index is 0.00937. The Labute approximate surface area is 193 Å². The van der Waals surface area contributed by atoms with Crippen LogP contribution in [0.5, 0.6) is 5.75 Å². The molecule has 0 spiro atoms. The number of nitro groups is 1. The largest absolute Gasteiger partial charge is 0.496 e. The van der Waals surface area contributed by atoms with E-state index in [-0.39, 0.29) is 34.4 Å². The van der Waals surface area contributed by atoms with Crippen LogP contribution in [0, 0.1) is 10.1 Å². The number of carbonyl (C=O) groups is 1. The lowest BCUT2D eigenvalue weighted by Gasteiger charge is -2.32. The van der Waals surface area contributed by atoms with Crippen molar-refractivity contribution in [3.8, 4) is 5.75 Å². The number of rotatable bonds is 5. The monoisotopic (exact) mass is 501 g/mol. The third kappa shape index (κ3) is 4.46. The lowest BCUT2D eigenvalue weighted by Crippen LogP contribution is -2.35. The highest BCUT2D eigenvalue weighted by Crippen LogP contribution is 2.47. The topological polar surface area (TPSA) is 111 Å². The number of alkyl halides is 3. The van der Waals surface area contributed by atoms with E-state index in [0.717, 1.165) is 12.1 Å². The van der Waals surface area contributed by atoms with Gasteiger partial charge in [-0.2, -0.15) is 18.3 Å². The van der Waals surface area contributed by atoms with Gasteiger partial charge in [0.2, 0.25) is 0 Å². The van der Waals surface area contributed by atoms with E-state index < -0.39 is 34.8 Å². The molecule has 0 aliphatic carbocycles. The maximum atomic E-state index is 13.8. The Kier molecular flexibility index (Phi) is 5.93. The van der Waals surface area contributed by atoms with Crippen molar-refractivity contribution in [1.29, 1.82) is 0 Å². The summed E-state index contributed by atoms with van der Waals surface area (Å²) in [5, 5.41) is 21.7. The average molecular weight is 502 g/mol. The fourth-order valence-electron chi connectivity index (χ4n) is 3.48. The van der Waals surface area contributed by atoms with Crippen molar-refractivity contribution in [2.75, 3.05) is 17.7 Å². The van der Waals surface area contributed by atoms with Crippen molar-refractivity contribution in [2.45, 2.75) is 24.7 Å². The van der Waals surface area contributed by atoms with Gasteiger partial charge < -0.3 is 15.4 Å². The van der Waals surface area contributed by atoms with Gasteiger partial charge in [0.05, 0.1) is 29.8 Å². The zero-order chi connectivity index (χ0) is 23.9. The van der Waals surface area contributed by atoms with Crippen LogP contribution in [0.15, 0.2) is 35.7 Å². The van der Waals surface area contributed by atoms with E-state index in [1.165, 1.54) is 24.5 Å². The number of halogens is 4. The zero-order valence-corrected chi connectivity index (χ0v) is 18.3. The van der Waals surface area contributed by atoms with Crippen LogP contribution in [0.3, 0.4) is 0 Å². The first-order valence-electron chi connectivity index (χ1n) is 9.38. The summed E-state index contributed by atoms with van der Waals surface area (Å²) < 4.78 is 47.1. The van der Waals surface area contributed by atoms with Gasteiger partial charge in [-0.1, -0.05) is 17.7 Å². The molecule has 4 rings (SSSR count). The number of hydrogen-bond donors (Lipinski definition) is 2. The quantitative estimate of drug-likeness (QED) is 0.356. The number of amides is 1. The first-order valence-corrected chi connectivity index (χ1v) is 10.6. The van der Waals surface area contributed by atoms with E-state index in [9.17, 15) is 28.1 Å². The van der Waals surface area contributed by atoms with E-state index in [1.807, 2.05) is 0 Å². The molecule has 1 amide bonds. The number of benzene rings is 1. The smallest absolute Gasteiger partial charge is 0.410 e. The standard InChI is InChI=1S/C19H15ClF3N5O4S/c1-32-11-6-9(5-10(7-11)28(30)31)24-18(29)16-15(20)17-25-12(13-3-2-4-33-13)8-14(19(21,22)23)27(17)26-16/h2-7,12,14,25H,8H2,1H3,(H,24,29)/t12-,14-/m0/s1. The van der Waals surface area contributed by atoms with Crippen LogP contribution in [-0.4, -0.2) is 33.9 Å². The molecule has 0 fully saturated rings. The molecule has 2 aromatic heterocycles. The van der Waals surface area contributed by atoms with Crippen LogP contribution in [0.1, 0.15) is 33.9 Å². The van der Waals surface area contributed by atoms with Gasteiger partial charge in [0.25, 0.3) is 11.6 Å². The number of thiophene rings is 1.